The number of methoxy groups -OCH3 is 1. The van der Waals surface area contributed by atoms with Gasteiger partial charge in [-0.25, -0.2) is 4.98 Å². The van der Waals surface area contributed by atoms with E-state index in [-0.39, 0.29) is 16.2 Å². The van der Waals surface area contributed by atoms with Crippen LogP contribution in [0, 0.1) is 0 Å². The van der Waals surface area contributed by atoms with E-state index in [1.807, 2.05) is 0 Å². The number of fused-ring (bicyclic) bond motifs is 1. The zero-order chi connectivity index (χ0) is 14.2. The number of rotatable bonds is 2. The molecule has 1 heterocycles. The van der Waals surface area contributed by atoms with E-state index in [1.54, 1.807) is 6.07 Å². The van der Waals surface area contributed by atoms with Gasteiger partial charge in [0.25, 0.3) is 0 Å². The number of nitrogens with zero attached hydrogens (tertiary/aromatic N) is 1. The summed E-state index contributed by atoms with van der Waals surface area (Å²) >= 11 is 5.92. The van der Waals surface area contributed by atoms with Crippen LogP contribution in [-0.2, 0) is 6.18 Å². The number of aromatic nitrogens is 1. The molecule has 102 valence electrons. The Hall–Kier alpha value is -1.69. The first-order chi connectivity index (χ1) is 8.88. The summed E-state index contributed by atoms with van der Waals surface area (Å²) in [6, 6.07) is 3.97. The molecule has 0 aliphatic heterocycles. The average molecular weight is 291 g/mol. The number of hydrogen-bond acceptors (Lipinski definition) is 3. The monoisotopic (exact) mass is 290 g/mol. The van der Waals surface area contributed by atoms with Crippen molar-refractivity contribution in [1.29, 1.82) is 0 Å². The highest BCUT2D eigenvalue weighted by molar-refractivity contribution is 6.35. The van der Waals surface area contributed by atoms with E-state index in [9.17, 15) is 13.2 Å². The molecule has 19 heavy (non-hydrogen) atoms. The molecule has 0 saturated carbocycles. The zero-order valence-corrected chi connectivity index (χ0v) is 10.9. The van der Waals surface area contributed by atoms with Gasteiger partial charge >= 0.3 is 6.18 Å². The molecule has 0 aliphatic rings. The fraction of sp³-hybridized carbons (Fsp3) is 0.250. The molecule has 0 fully saturated rings. The highest BCUT2D eigenvalue weighted by Crippen LogP contribution is 2.39. The summed E-state index contributed by atoms with van der Waals surface area (Å²) in [5, 5.41) is 3.26. The largest absolute Gasteiger partial charge is 0.496 e. The molecule has 2 aromatic rings. The van der Waals surface area contributed by atoms with Gasteiger partial charge in [-0.3, -0.25) is 0 Å². The Bertz CT molecular complexity index is 628. The molecule has 7 heteroatoms. The number of alkyl halides is 3. The van der Waals surface area contributed by atoms with Crippen LogP contribution in [0.3, 0.4) is 0 Å². The van der Waals surface area contributed by atoms with Crippen molar-refractivity contribution in [3.05, 3.63) is 28.9 Å². The first kappa shape index (κ1) is 13.7. The number of pyridine rings is 1. The van der Waals surface area contributed by atoms with Gasteiger partial charge in [0.15, 0.2) is 0 Å². The third-order valence-electron chi connectivity index (χ3n) is 2.65. The fourth-order valence-electron chi connectivity index (χ4n) is 1.79. The molecule has 1 aromatic heterocycles. The van der Waals surface area contributed by atoms with E-state index in [0.29, 0.717) is 11.1 Å². The summed E-state index contributed by atoms with van der Waals surface area (Å²) in [6.07, 6.45) is -4.54. The molecule has 0 radical (unpaired) electrons. The van der Waals surface area contributed by atoms with Gasteiger partial charge in [-0.05, 0) is 18.2 Å². The summed E-state index contributed by atoms with van der Waals surface area (Å²) in [4.78, 5) is 3.59. The lowest BCUT2D eigenvalue weighted by molar-refractivity contribution is -0.140. The van der Waals surface area contributed by atoms with E-state index in [4.69, 9.17) is 16.3 Å². The van der Waals surface area contributed by atoms with Crippen molar-refractivity contribution < 1.29 is 17.9 Å². The van der Waals surface area contributed by atoms with Crippen LogP contribution in [0.5, 0.6) is 5.75 Å². The van der Waals surface area contributed by atoms with E-state index < -0.39 is 11.9 Å². The molecule has 0 aliphatic carbocycles. The molecule has 1 N–H and O–H groups in total. The molecule has 0 bridgehead atoms. The molecular weight excluding hydrogens is 281 g/mol. The van der Waals surface area contributed by atoms with Gasteiger partial charge in [-0.1, -0.05) is 11.6 Å². The van der Waals surface area contributed by atoms with Crippen LogP contribution < -0.4 is 10.1 Å². The molecule has 0 saturated heterocycles. The maximum atomic E-state index is 12.8. The Kier molecular flexibility index (Phi) is 3.45. The third-order valence-corrected chi connectivity index (χ3v) is 2.96. The summed E-state index contributed by atoms with van der Waals surface area (Å²) in [5.41, 5.74) is -0.684. The summed E-state index contributed by atoms with van der Waals surface area (Å²) < 4.78 is 43.5. The average Bonchev–Trinajstić information content (AvgIpc) is 2.37. The predicted molar refractivity (Wildman–Crippen MR) is 67.9 cm³/mol. The summed E-state index contributed by atoms with van der Waals surface area (Å²) in [6.45, 7) is 0. The van der Waals surface area contributed by atoms with Gasteiger partial charge in [-0.2, -0.15) is 13.2 Å². The minimum atomic E-state index is -4.54. The van der Waals surface area contributed by atoms with Crippen molar-refractivity contribution in [2.24, 2.45) is 0 Å². The molecule has 0 amide bonds. The Morgan fingerprint density at radius 1 is 1.32 bits per heavy atom. The molecule has 0 atom stereocenters. The van der Waals surface area contributed by atoms with Crippen molar-refractivity contribution in [2.75, 3.05) is 19.5 Å². The van der Waals surface area contributed by atoms with Gasteiger partial charge in [0.05, 0.1) is 23.0 Å². The highest BCUT2D eigenvalue weighted by atomic mass is 35.5. The van der Waals surface area contributed by atoms with Crippen LogP contribution in [0.4, 0.5) is 18.9 Å². The highest BCUT2D eigenvalue weighted by Gasteiger charge is 2.34. The van der Waals surface area contributed by atoms with Crippen LogP contribution in [-0.4, -0.2) is 19.1 Å². The lowest BCUT2D eigenvalue weighted by Gasteiger charge is -2.14. The van der Waals surface area contributed by atoms with Crippen molar-refractivity contribution >= 4 is 28.2 Å². The number of nitrogens with one attached hydrogen (secondary N) is 1. The summed E-state index contributed by atoms with van der Waals surface area (Å²) in [7, 11) is 2.95. The zero-order valence-electron chi connectivity index (χ0n) is 10.1. The molecular formula is C12H10ClF3N2O. The second-order valence-corrected chi connectivity index (χ2v) is 4.18. The minimum Gasteiger partial charge on any atom is -0.496 e. The molecule has 0 spiro atoms. The SMILES string of the molecule is CNc1cc(C(F)(F)F)nc2c(Cl)ccc(OC)c12. The molecule has 2 rings (SSSR count). The Balaban J connectivity index is 2.88. The molecule has 0 unspecified atom stereocenters. The van der Waals surface area contributed by atoms with Crippen LogP contribution in [0.15, 0.2) is 18.2 Å². The normalized spacial score (nSPS) is 11.7. The Morgan fingerprint density at radius 2 is 2.00 bits per heavy atom. The first-order valence-corrected chi connectivity index (χ1v) is 5.68. The summed E-state index contributed by atoms with van der Waals surface area (Å²) in [5.74, 6) is 0.407. The maximum absolute atomic E-state index is 12.8. The van der Waals surface area contributed by atoms with Crippen molar-refractivity contribution in [3.63, 3.8) is 0 Å². The smallest absolute Gasteiger partial charge is 0.433 e. The fourth-order valence-corrected chi connectivity index (χ4v) is 1.99. The number of anilines is 1. The number of benzene rings is 1. The van der Waals surface area contributed by atoms with E-state index in [0.717, 1.165) is 6.07 Å². The molecule has 3 nitrogen and oxygen atoms in total. The van der Waals surface area contributed by atoms with E-state index in [2.05, 4.69) is 10.3 Å². The second kappa shape index (κ2) is 4.77. The van der Waals surface area contributed by atoms with Crippen LogP contribution in [0.2, 0.25) is 5.02 Å². The van der Waals surface area contributed by atoms with Gasteiger partial charge in [-0.15, -0.1) is 0 Å². The maximum Gasteiger partial charge on any atom is 0.433 e. The lowest BCUT2D eigenvalue weighted by atomic mass is 10.1. The van der Waals surface area contributed by atoms with Gasteiger partial charge < -0.3 is 10.1 Å². The predicted octanol–water partition coefficient (Wildman–Crippen LogP) is 3.96. The number of hydrogen-bond donors (Lipinski definition) is 1. The quantitative estimate of drug-likeness (QED) is 0.909. The Labute approximate surface area is 112 Å². The number of halogens is 4. The van der Waals surface area contributed by atoms with Gasteiger partial charge in [0.2, 0.25) is 0 Å². The van der Waals surface area contributed by atoms with E-state index in [1.165, 1.54) is 20.2 Å². The van der Waals surface area contributed by atoms with Crippen molar-refractivity contribution in [1.82, 2.24) is 4.98 Å². The standard InChI is InChI=1S/C12H10ClF3N2O/c1-17-7-5-9(12(14,15)16)18-11-6(13)3-4-8(19-2)10(7)11/h3-5H,1-2H3,(H,17,18). The van der Waals surface area contributed by atoms with Crippen LogP contribution >= 0.6 is 11.6 Å². The number of ether oxygens (including phenoxy) is 1. The molecule has 1 aromatic carbocycles. The Morgan fingerprint density at radius 3 is 2.53 bits per heavy atom. The van der Waals surface area contributed by atoms with Crippen molar-refractivity contribution in [3.8, 4) is 5.75 Å². The minimum absolute atomic E-state index is 0.0557. The van der Waals surface area contributed by atoms with E-state index >= 15 is 0 Å². The topological polar surface area (TPSA) is 34.2 Å². The van der Waals surface area contributed by atoms with Gasteiger partial charge in [0.1, 0.15) is 11.4 Å². The lowest BCUT2D eigenvalue weighted by Crippen LogP contribution is -2.09. The first-order valence-electron chi connectivity index (χ1n) is 5.30. The van der Waals surface area contributed by atoms with Gasteiger partial charge in [0, 0.05) is 12.7 Å². The third kappa shape index (κ3) is 2.40. The van der Waals surface area contributed by atoms with Crippen LogP contribution in [0.25, 0.3) is 10.9 Å². The van der Waals surface area contributed by atoms with Crippen LogP contribution in [0.1, 0.15) is 5.69 Å². The second-order valence-electron chi connectivity index (χ2n) is 3.78. The van der Waals surface area contributed by atoms with Crippen molar-refractivity contribution in [2.45, 2.75) is 6.18 Å².